The summed E-state index contributed by atoms with van der Waals surface area (Å²) >= 11 is 0. The van der Waals surface area contributed by atoms with Gasteiger partial charge in [-0.2, -0.15) is 13.2 Å². The van der Waals surface area contributed by atoms with Gasteiger partial charge in [0, 0.05) is 28.2 Å². The van der Waals surface area contributed by atoms with Crippen LogP contribution in [0.15, 0.2) is 66.7 Å². The molecule has 0 unspecified atom stereocenters. The number of piperidine rings is 1. The fraction of sp³-hybridized carbons (Fsp3) is 0.382. The zero-order chi connectivity index (χ0) is 29.9. The van der Waals surface area contributed by atoms with Crippen molar-refractivity contribution in [1.82, 2.24) is 9.88 Å². The third kappa shape index (κ3) is 6.81. The number of alkyl halides is 3. The maximum absolute atomic E-state index is 13.2. The van der Waals surface area contributed by atoms with Crippen molar-refractivity contribution in [2.75, 3.05) is 32.1 Å². The normalized spacial score (nSPS) is 14.9. The lowest BCUT2D eigenvalue weighted by atomic mass is 9.89. The smallest absolute Gasteiger partial charge is 0.416 e. The number of likely N-dealkylation sites (tertiary alicyclic amines) is 1. The second-order valence-electron chi connectivity index (χ2n) is 11.5. The molecule has 4 aromatic rings. The number of fused-ring (bicyclic) bond motifs is 1. The van der Waals surface area contributed by atoms with E-state index in [4.69, 9.17) is 4.74 Å². The number of carbonyl (C=O) groups excluding carboxylic acids is 1. The highest BCUT2D eigenvalue weighted by atomic mass is 19.4. The lowest BCUT2D eigenvalue weighted by molar-refractivity contribution is -0.137. The summed E-state index contributed by atoms with van der Waals surface area (Å²) in [6.07, 6.45) is -0.527. The first kappa shape index (κ1) is 29.7. The number of aromatic nitrogens is 1. The lowest BCUT2D eigenvalue weighted by Crippen LogP contribution is -2.33. The Hall–Kier alpha value is -3.78. The highest BCUT2D eigenvalue weighted by Crippen LogP contribution is 2.36. The monoisotopic (exact) mass is 577 g/mol. The Morgan fingerprint density at radius 1 is 1.05 bits per heavy atom. The van der Waals surface area contributed by atoms with Crippen LogP contribution in [0.25, 0.3) is 22.2 Å². The highest BCUT2D eigenvalue weighted by molar-refractivity contribution is 5.92. The van der Waals surface area contributed by atoms with Crippen LogP contribution < -0.4 is 10.1 Å². The SMILES string of the molecule is COc1ccc2[nH]c(-c3ccc(C(F)(F)F)cc3)c(CCCN3CCC(c4cccc(NC(=O)C(C)C)c4)CC3)c2c1. The van der Waals surface area contributed by atoms with Gasteiger partial charge in [0.2, 0.25) is 5.91 Å². The molecule has 0 atom stereocenters. The molecule has 1 amide bonds. The Kier molecular flexibility index (Phi) is 8.92. The van der Waals surface area contributed by atoms with Gasteiger partial charge in [0.1, 0.15) is 5.75 Å². The van der Waals surface area contributed by atoms with Crippen LogP contribution in [0.1, 0.15) is 55.7 Å². The van der Waals surface area contributed by atoms with E-state index in [0.29, 0.717) is 5.92 Å². The van der Waals surface area contributed by atoms with E-state index >= 15 is 0 Å². The molecule has 5 rings (SSSR count). The van der Waals surface area contributed by atoms with Gasteiger partial charge in [-0.25, -0.2) is 0 Å². The van der Waals surface area contributed by atoms with Crippen LogP contribution in [0.2, 0.25) is 0 Å². The second kappa shape index (κ2) is 12.6. The van der Waals surface area contributed by atoms with Crippen LogP contribution in [0.3, 0.4) is 0 Å². The zero-order valence-electron chi connectivity index (χ0n) is 24.4. The molecule has 1 aliphatic heterocycles. The number of ether oxygens (including phenoxy) is 1. The number of anilines is 1. The number of halogens is 3. The number of nitrogens with one attached hydrogen (secondary N) is 2. The molecule has 1 aromatic heterocycles. The molecule has 5 nitrogen and oxygen atoms in total. The summed E-state index contributed by atoms with van der Waals surface area (Å²) in [6, 6.07) is 19.4. The molecule has 1 aliphatic rings. The zero-order valence-corrected chi connectivity index (χ0v) is 24.4. The Labute approximate surface area is 245 Å². The number of methoxy groups -OCH3 is 1. The van der Waals surface area contributed by atoms with Gasteiger partial charge in [-0.15, -0.1) is 0 Å². The van der Waals surface area contributed by atoms with Gasteiger partial charge >= 0.3 is 6.18 Å². The van der Waals surface area contributed by atoms with Gasteiger partial charge in [-0.1, -0.05) is 38.1 Å². The maximum atomic E-state index is 13.2. The molecule has 0 spiro atoms. The van der Waals surface area contributed by atoms with Crippen molar-refractivity contribution >= 4 is 22.5 Å². The molecule has 0 saturated carbocycles. The minimum atomic E-state index is -4.37. The number of amides is 1. The van der Waals surface area contributed by atoms with E-state index in [1.54, 1.807) is 19.2 Å². The molecule has 42 heavy (non-hydrogen) atoms. The Morgan fingerprint density at radius 2 is 1.79 bits per heavy atom. The standard InChI is InChI=1S/C34H38F3N3O2/c1-22(2)33(41)38-27-7-4-6-25(20-27)23-15-18-40(19-16-23)17-5-8-29-30-21-28(42-3)13-14-31(30)39-32(29)24-9-11-26(12-10-24)34(35,36)37/h4,6-7,9-14,20-23,39H,5,8,15-19H2,1-3H3,(H,38,41). The number of carbonyl (C=O) groups is 1. The topological polar surface area (TPSA) is 57.4 Å². The van der Waals surface area contributed by atoms with Crippen LogP contribution in [0, 0.1) is 5.92 Å². The number of hydrogen-bond acceptors (Lipinski definition) is 3. The summed E-state index contributed by atoms with van der Waals surface area (Å²) < 4.78 is 45.0. The van der Waals surface area contributed by atoms with E-state index in [0.717, 1.165) is 96.6 Å². The molecule has 3 aromatic carbocycles. The summed E-state index contributed by atoms with van der Waals surface area (Å²) in [5, 5.41) is 4.04. The van der Waals surface area contributed by atoms with E-state index in [1.165, 1.54) is 5.56 Å². The van der Waals surface area contributed by atoms with E-state index < -0.39 is 11.7 Å². The molecular weight excluding hydrogens is 539 g/mol. The van der Waals surface area contributed by atoms with Crippen molar-refractivity contribution in [2.45, 2.75) is 51.6 Å². The summed E-state index contributed by atoms with van der Waals surface area (Å²) in [5.41, 5.74) is 5.10. The first-order chi connectivity index (χ1) is 20.1. The average Bonchev–Trinajstić information content (AvgIpc) is 3.34. The summed E-state index contributed by atoms with van der Waals surface area (Å²) in [4.78, 5) is 18.1. The van der Waals surface area contributed by atoms with E-state index in [2.05, 4.69) is 27.3 Å². The Balaban J connectivity index is 1.24. The minimum Gasteiger partial charge on any atom is -0.497 e. The number of rotatable bonds is 9. The van der Waals surface area contributed by atoms with Crippen LogP contribution in [0.4, 0.5) is 18.9 Å². The van der Waals surface area contributed by atoms with E-state index in [-0.39, 0.29) is 11.8 Å². The van der Waals surface area contributed by atoms with Crippen molar-refractivity contribution in [3.05, 3.63) is 83.4 Å². The molecule has 2 heterocycles. The maximum Gasteiger partial charge on any atom is 0.416 e. The van der Waals surface area contributed by atoms with Gasteiger partial charge in [-0.05, 0) is 110 Å². The molecule has 1 saturated heterocycles. The lowest BCUT2D eigenvalue weighted by Gasteiger charge is -2.32. The molecule has 2 N–H and O–H groups in total. The fourth-order valence-electron chi connectivity index (χ4n) is 5.81. The van der Waals surface area contributed by atoms with E-state index in [9.17, 15) is 18.0 Å². The van der Waals surface area contributed by atoms with E-state index in [1.807, 2.05) is 44.2 Å². The van der Waals surface area contributed by atoms with Gasteiger partial charge in [0.15, 0.2) is 0 Å². The van der Waals surface area contributed by atoms with Crippen molar-refractivity contribution in [1.29, 1.82) is 0 Å². The van der Waals surface area contributed by atoms with Gasteiger partial charge in [-0.3, -0.25) is 4.79 Å². The average molecular weight is 578 g/mol. The molecule has 0 radical (unpaired) electrons. The molecule has 8 heteroatoms. The van der Waals surface area contributed by atoms with Crippen molar-refractivity contribution in [2.24, 2.45) is 5.92 Å². The third-order valence-electron chi connectivity index (χ3n) is 8.25. The number of aryl methyl sites for hydroxylation is 1. The van der Waals surface area contributed by atoms with Crippen LogP contribution in [0.5, 0.6) is 5.75 Å². The highest BCUT2D eigenvalue weighted by Gasteiger charge is 2.30. The summed E-state index contributed by atoms with van der Waals surface area (Å²) in [6.45, 7) is 6.72. The predicted octanol–water partition coefficient (Wildman–Crippen LogP) is 8.27. The summed E-state index contributed by atoms with van der Waals surface area (Å²) in [7, 11) is 1.63. The molecule has 1 fully saturated rings. The van der Waals surface area contributed by atoms with Crippen LogP contribution in [-0.2, 0) is 17.4 Å². The van der Waals surface area contributed by atoms with Gasteiger partial charge in [0.05, 0.1) is 12.7 Å². The Bertz CT molecular complexity index is 1520. The van der Waals surface area contributed by atoms with Gasteiger partial charge in [0.25, 0.3) is 0 Å². The van der Waals surface area contributed by atoms with Crippen molar-refractivity contribution < 1.29 is 22.7 Å². The molecule has 0 aliphatic carbocycles. The number of benzene rings is 3. The van der Waals surface area contributed by atoms with Crippen molar-refractivity contribution in [3.63, 3.8) is 0 Å². The first-order valence-electron chi connectivity index (χ1n) is 14.6. The summed E-state index contributed by atoms with van der Waals surface area (Å²) in [5.74, 6) is 1.17. The fourth-order valence-corrected chi connectivity index (χ4v) is 5.81. The van der Waals surface area contributed by atoms with Crippen LogP contribution in [-0.4, -0.2) is 42.5 Å². The molecule has 0 bridgehead atoms. The molecule has 222 valence electrons. The second-order valence-corrected chi connectivity index (χ2v) is 11.5. The number of hydrogen-bond donors (Lipinski definition) is 2. The predicted molar refractivity (Wildman–Crippen MR) is 162 cm³/mol. The number of H-pyrrole nitrogens is 1. The van der Waals surface area contributed by atoms with Crippen LogP contribution >= 0.6 is 0 Å². The third-order valence-corrected chi connectivity index (χ3v) is 8.25. The quantitative estimate of drug-likeness (QED) is 0.211. The largest absolute Gasteiger partial charge is 0.497 e. The minimum absolute atomic E-state index is 0.0251. The number of nitrogens with zero attached hydrogens (tertiary/aromatic N) is 1. The molecular formula is C34H38F3N3O2. The first-order valence-corrected chi connectivity index (χ1v) is 14.6. The van der Waals surface area contributed by atoms with Gasteiger partial charge < -0.3 is 19.9 Å². The number of aromatic amines is 1. The van der Waals surface area contributed by atoms with Crippen molar-refractivity contribution in [3.8, 4) is 17.0 Å². The Morgan fingerprint density at radius 3 is 2.45 bits per heavy atom.